The fourth-order valence-corrected chi connectivity index (χ4v) is 1.97. The molecule has 0 heterocycles. The van der Waals surface area contributed by atoms with E-state index in [1.807, 2.05) is 31.2 Å². The molecule has 4 heteroatoms. The lowest BCUT2D eigenvalue weighted by molar-refractivity contribution is -0.0283. The van der Waals surface area contributed by atoms with Crippen molar-refractivity contribution in [1.82, 2.24) is 0 Å². The quantitative estimate of drug-likeness (QED) is 0.757. The van der Waals surface area contributed by atoms with Crippen molar-refractivity contribution < 1.29 is 19.7 Å². The number of ether oxygens (including phenoxy) is 2. The molecule has 2 N–H and O–H groups in total. The monoisotopic (exact) mass is 268 g/mol. The second-order valence-corrected chi connectivity index (χ2v) is 5.33. The Bertz CT molecular complexity index is 359. The Hall–Kier alpha value is -1.10. The summed E-state index contributed by atoms with van der Waals surface area (Å²) in [6.45, 7) is 4.50. The van der Waals surface area contributed by atoms with Crippen LogP contribution < -0.4 is 4.74 Å². The predicted octanol–water partition coefficient (Wildman–Crippen LogP) is 1.98. The molecule has 19 heavy (non-hydrogen) atoms. The minimum absolute atomic E-state index is 0.195. The van der Waals surface area contributed by atoms with Crippen molar-refractivity contribution in [2.45, 2.75) is 32.5 Å². The molecule has 0 aliphatic rings. The number of hydrogen-bond acceptors (Lipinski definition) is 4. The Morgan fingerprint density at radius 1 is 1.26 bits per heavy atom. The van der Waals surface area contributed by atoms with Crippen LogP contribution in [0.4, 0.5) is 0 Å². The predicted molar refractivity (Wildman–Crippen MR) is 74.1 cm³/mol. The van der Waals surface area contributed by atoms with E-state index in [0.29, 0.717) is 19.6 Å². The lowest BCUT2D eigenvalue weighted by Crippen LogP contribution is -2.32. The van der Waals surface area contributed by atoms with Gasteiger partial charge in [0.25, 0.3) is 0 Å². The molecule has 0 aliphatic carbocycles. The number of hydrogen-bond donors (Lipinski definition) is 2. The molecule has 1 rings (SSSR count). The van der Waals surface area contributed by atoms with Crippen LogP contribution in [0, 0.1) is 5.92 Å². The summed E-state index contributed by atoms with van der Waals surface area (Å²) in [6, 6.07) is 7.73. The van der Waals surface area contributed by atoms with Crippen LogP contribution in [0.2, 0.25) is 0 Å². The second-order valence-electron chi connectivity index (χ2n) is 5.33. The normalized spacial score (nSPS) is 15.8. The summed E-state index contributed by atoms with van der Waals surface area (Å²) in [5.74, 6) is 1.02. The number of rotatable bonds is 8. The van der Waals surface area contributed by atoms with Gasteiger partial charge in [-0.25, -0.2) is 0 Å². The van der Waals surface area contributed by atoms with Crippen molar-refractivity contribution >= 4 is 0 Å². The highest BCUT2D eigenvalue weighted by Crippen LogP contribution is 2.17. The van der Waals surface area contributed by atoms with E-state index in [9.17, 15) is 5.11 Å². The van der Waals surface area contributed by atoms with Gasteiger partial charge in [0, 0.05) is 6.61 Å². The highest BCUT2D eigenvalue weighted by molar-refractivity contribution is 5.26. The maximum atomic E-state index is 9.75. The summed E-state index contributed by atoms with van der Waals surface area (Å²) >= 11 is 0. The lowest BCUT2D eigenvalue weighted by Gasteiger charge is -2.24. The van der Waals surface area contributed by atoms with Crippen molar-refractivity contribution in [3.63, 3.8) is 0 Å². The van der Waals surface area contributed by atoms with Gasteiger partial charge in [0.2, 0.25) is 0 Å². The van der Waals surface area contributed by atoms with Crippen LogP contribution >= 0.6 is 0 Å². The van der Waals surface area contributed by atoms with Crippen LogP contribution in [0.25, 0.3) is 0 Å². The first kappa shape index (κ1) is 16.0. The SMILES string of the molecule is COc1ccc(COC[C@H](C)C[C@](C)(O)CO)cc1. The van der Waals surface area contributed by atoms with E-state index < -0.39 is 5.60 Å². The van der Waals surface area contributed by atoms with E-state index in [1.165, 1.54) is 0 Å². The van der Waals surface area contributed by atoms with Crippen LogP contribution in [0.15, 0.2) is 24.3 Å². The number of benzene rings is 1. The molecule has 108 valence electrons. The van der Waals surface area contributed by atoms with Gasteiger partial charge in [-0.05, 0) is 37.0 Å². The molecular weight excluding hydrogens is 244 g/mol. The zero-order valence-electron chi connectivity index (χ0n) is 11.9. The van der Waals surface area contributed by atoms with Crippen LogP contribution in [0.5, 0.6) is 5.75 Å². The minimum Gasteiger partial charge on any atom is -0.497 e. The zero-order valence-corrected chi connectivity index (χ0v) is 11.9. The van der Waals surface area contributed by atoms with Gasteiger partial charge in [-0.1, -0.05) is 19.1 Å². The largest absolute Gasteiger partial charge is 0.497 e. The van der Waals surface area contributed by atoms with Gasteiger partial charge < -0.3 is 19.7 Å². The molecule has 0 radical (unpaired) electrons. The Morgan fingerprint density at radius 2 is 1.89 bits per heavy atom. The maximum Gasteiger partial charge on any atom is 0.118 e. The molecule has 0 aromatic heterocycles. The average Bonchev–Trinajstić information content (AvgIpc) is 2.39. The molecule has 4 nitrogen and oxygen atoms in total. The highest BCUT2D eigenvalue weighted by atomic mass is 16.5. The van der Waals surface area contributed by atoms with Crippen molar-refractivity contribution in [3.8, 4) is 5.75 Å². The zero-order chi connectivity index (χ0) is 14.3. The molecule has 0 fully saturated rings. The molecule has 0 bridgehead atoms. The Labute approximate surface area is 115 Å². The molecule has 1 aromatic rings. The second kappa shape index (κ2) is 7.48. The van der Waals surface area contributed by atoms with Crippen molar-refractivity contribution in [2.75, 3.05) is 20.3 Å². The van der Waals surface area contributed by atoms with Gasteiger partial charge in [0.1, 0.15) is 5.75 Å². The fourth-order valence-electron chi connectivity index (χ4n) is 1.97. The van der Waals surface area contributed by atoms with Gasteiger partial charge in [-0.3, -0.25) is 0 Å². The van der Waals surface area contributed by atoms with E-state index in [1.54, 1.807) is 14.0 Å². The Morgan fingerprint density at radius 3 is 2.42 bits per heavy atom. The smallest absolute Gasteiger partial charge is 0.118 e. The lowest BCUT2D eigenvalue weighted by atomic mass is 9.94. The highest BCUT2D eigenvalue weighted by Gasteiger charge is 2.22. The van der Waals surface area contributed by atoms with Crippen LogP contribution in [-0.2, 0) is 11.3 Å². The average molecular weight is 268 g/mol. The minimum atomic E-state index is -1.02. The summed E-state index contributed by atoms with van der Waals surface area (Å²) in [4.78, 5) is 0. The van der Waals surface area contributed by atoms with E-state index >= 15 is 0 Å². The molecule has 2 atom stereocenters. The van der Waals surface area contributed by atoms with Gasteiger partial charge in [-0.15, -0.1) is 0 Å². The fraction of sp³-hybridized carbons (Fsp3) is 0.600. The molecule has 0 unspecified atom stereocenters. The summed E-state index contributed by atoms with van der Waals surface area (Å²) in [5, 5.41) is 18.7. The first-order valence-electron chi connectivity index (χ1n) is 6.51. The third kappa shape index (κ3) is 6.05. The van der Waals surface area contributed by atoms with Gasteiger partial charge in [0.05, 0.1) is 25.9 Å². The Balaban J connectivity index is 2.29. The standard InChI is InChI=1S/C15H24O4/c1-12(8-15(2,17)11-16)9-19-10-13-4-6-14(18-3)7-5-13/h4-7,12,16-17H,8-11H2,1-3H3/t12-,15+/m1/s1. The van der Waals surface area contributed by atoms with Gasteiger partial charge in [0.15, 0.2) is 0 Å². The van der Waals surface area contributed by atoms with Crippen LogP contribution in [-0.4, -0.2) is 36.1 Å². The first-order valence-corrected chi connectivity index (χ1v) is 6.51. The summed E-state index contributed by atoms with van der Waals surface area (Å²) in [6.07, 6.45) is 0.520. The van der Waals surface area contributed by atoms with E-state index in [2.05, 4.69) is 0 Å². The molecule has 0 saturated carbocycles. The first-order chi connectivity index (χ1) is 8.96. The molecular formula is C15H24O4. The molecule has 0 saturated heterocycles. The number of aliphatic hydroxyl groups excluding tert-OH is 1. The number of methoxy groups -OCH3 is 1. The van der Waals surface area contributed by atoms with E-state index in [0.717, 1.165) is 11.3 Å². The Kier molecular flexibility index (Phi) is 6.28. The molecule has 0 amide bonds. The van der Waals surface area contributed by atoms with Crippen LogP contribution in [0.3, 0.4) is 0 Å². The molecule has 1 aromatic carbocycles. The van der Waals surface area contributed by atoms with Gasteiger partial charge in [-0.2, -0.15) is 0 Å². The van der Waals surface area contributed by atoms with E-state index in [4.69, 9.17) is 14.6 Å². The third-order valence-corrected chi connectivity index (χ3v) is 2.96. The van der Waals surface area contributed by atoms with Gasteiger partial charge >= 0.3 is 0 Å². The van der Waals surface area contributed by atoms with Crippen molar-refractivity contribution in [1.29, 1.82) is 0 Å². The van der Waals surface area contributed by atoms with Crippen molar-refractivity contribution in [2.24, 2.45) is 5.92 Å². The summed E-state index contributed by atoms with van der Waals surface area (Å²) in [5.41, 5.74) is 0.0602. The van der Waals surface area contributed by atoms with Crippen molar-refractivity contribution in [3.05, 3.63) is 29.8 Å². The van der Waals surface area contributed by atoms with Crippen LogP contribution in [0.1, 0.15) is 25.8 Å². The molecule has 0 spiro atoms. The number of aliphatic hydroxyl groups is 2. The summed E-state index contributed by atoms with van der Waals surface area (Å²) in [7, 11) is 1.64. The molecule has 0 aliphatic heterocycles. The van der Waals surface area contributed by atoms with E-state index in [-0.39, 0.29) is 12.5 Å². The third-order valence-electron chi connectivity index (χ3n) is 2.96. The summed E-state index contributed by atoms with van der Waals surface area (Å²) < 4.78 is 10.7. The maximum absolute atomic E-state index is 9.75. The topological polar surface area (TPSA) is 58.9 Å².